The van der Waals surface area contributed by atoms with Gasteiger partial charge in [-0.15, -0.1) is 0 Å². The first-order valence-electron chi connectivity index (χ1n) is 9.75. The number of carbonyl (C=O) groups excluding carboxylic acids is 1. The number of phenols is 1. The number of aromatic hydroxyl groups is 1. The molecule has 1 saturated heterocycles. The van der Waals surface area contributed by atoms with E-state index >= 15 is 0 Å². The second kappa shape index (κ2) is 9.46. The summed E-state index contributed by atoms with van der Waals surface area (Å²) in [6, 6.07) is 15.1. The molecule has 0 unspecified atom stereocenters. The molecule has 2 N–H and O–H groups in total. The number of piperazine rings is 1. The third-order valence-corrected chi connectivity index (χ3v) is 5.33. The highest BCUT2D eigenvalue weighted by molar-refractivity contribution is 5.81. The van der Waals surface area contributed by atoms with E-state index in [1.165, 1.54) is 5.56 Å². The van der Waals surface area contributed by atoms with Crippen LogP contribution in [0.4, 0.5) is 5.69 Å². The van der Waals surface area contributed by atoms with Gasteiger partial charge in [-0.3, -0.25) is 9.69 Å². The van der Waals surface area contributed by atoms with Crippen molar-refractivity contribution >= 4 is 11.6 Å². The Morgan fingerprint density at radius 2 is 1.71 bits per heavy atom. The predicted octanol–water partition coefficient (Wildman–Crippen LogP) is 2.27. The van der Waals surface area contributed by atoms with Gasteiger partial charge in [0.15, 0.2) is 0 Å². The van der Waals surface area contributed by atoms with E-state index in [-0.39, 0.29) is 17.7 Å². The molecule has 1 heterocycles. The molecule has 1 aliphatic heterocycles. The van der Waals surface area contributed by atoms with Crippen LogP contribution in [0.5, 0.6) is 11.5 Å². The fraction of sp³-hybridized carbons (Fsp3) is 0.409. The molecule has 1 amide bonds. The van der Waals surface area contributed by atoms with Crippen molar-refractivity contribution in [3.8, 4) is 11.5 Å². The summed E-state index contributed by atoms with van der Waals surface area (Å²) in [5.74, 6) is 1.20. The minimum absolute atomic E-state index is 0.0756. The van der Waals surface area contributed by atoms with Gasteiger partial charge in [0.05, 0.1) is 13.2 Å². The minimum atomic E-state index is -0.141. The van der Waals surface area contributed by atoms with Crippen molar-refractivity contribution < 1.29 is 14.6 Å². The normalized spacial score (nSPS) is 15.9. The summed E-state index contributed by atoms with van der Waals surface area (Å²) >= 11 is 0. The number of amides is 1. The lowest BCUT2D eigenvalue weighted by Gasteiger charge is -2.38. The summed E-state index contributed by atoms with van der Waals surface area (Å²) < 4.78 is 5.16. The number of hydrogen-bond acceptors (Lipinski definition) is 5. The summed E-state index contributed by atoms with van der Waals surface area (Å²) in [6.45, 7) is 6.02. The zero-order chi connectivity index (χ0) is 19.9. The average Bonchev–Trinajstić information content (AvgIpc) is 2.74. The summed E-state index contributed by atoms with van der Waals surface area (Å²) in [6.07, 6.45) is 0.803. The Labute approximate surface area is 166 Å². The number of anilines is 1. The Morgan fingerprint density at radius 3 is 2.32 bits per heavy atom. The Hall–Kier alpha value is -2.73. The highest BCUT2D eigenvalue weighted by Crippen LogP contribution is 2.20. The Balaban J connectivity index is 1.41. The van der Waals surface area contributed by atoms with E-state index in [0.717, 1.165) is 44.0 Å². The van der Waals surface area contributed by atoms with E-state index in [0.29, 0.717) is 6.54 Å². The standard InChI is InChI=1S/C22H29N3O3/c1-17(22(27)23-12-11-18-3-9-21(28-2)10-4-18)24-13-15-25(16-14-24)19-5-7-20(26)8-6-19/h3-10,17,26H,11-16H2,1-2H3,(H,23,27)/t17-/m0/s1. The molecule has 3 rings (SSSR count). The molecule has 1 fully saturated rings. The highest BCUT2D eigenvalue weighted by atomic mass is 16.5. The predicted molar refractivity (Wildman–Crippen MR) is 111 cm³/mol. The fourth-order valence-electron chi connectivity index (χ4n) is 3.47. The largest absolute Gasteiger partial charge is 0.508 e. The maximum Gasteiger partial charge on any atom is 0.237 e. The number of rotatable bonds is 7. The summed E-state index contributed by atoms with van der Waals surface area (Å²) in [4.78, 5) is 17.0. The van der Waals surface area contributed by atoms with E-state index in [9.17, 15) is 9.90 Å². The second-order valence-corrected chi connectivity index (χ2v) is 7.10. The summed E-state index contributed by atoms with van der Waals surface area (Å²) in [5.41, 5.74) is 2.28. The number of nitrogens with zero attached hydrogens (tertiary/aromatic N) is 2. The monoisotopic (exact) mass is 383 g/mol. The van der Waals surface area contributed by atoms with Crippen molar-refractivity contribution in [2.75, 3.05) is 44.7 Å². The van der Waals surface area contributed by atoms with Gasteiger partial charge in [-0.1, -0.05) is 12.1 Å². The van der Waals surface area contributed by atoms with Crippen LogP contribution >= 0.6 is 0 Å². The number of ether oxygens (including phenoxy) is 1. The number of nitrogens with one attached hydrogen (secondary N) is 1. The van der Waals surface area contributed by atoms with Crippen LogP contribution in [0.1, 0.15) is 12.5 Å². The van der Waals surface area contributed by atoms with Crippen molar-refractivity contribution in [1.82, 2.24) is 10.2 Å². The van der Waals surface area contributed by atoms with E-state index in [1.54, 1.807) is 19.2 Å². The number of methoxy groups -OCH3 is 1. The lowest BCUT2D eigenvalue weighted by Crippen LogP contribution is -2.54. The van der Waals surface area contributed by atoms with Crippen LogP contribution in [0.25, 0.3) is 0 Å². The third kappa shape index (κ3) is 5.16. The van der Waals surface area contributed by atoms with E-state index in [4.69, 9.17) is 4.74 Å². The zero-order valence-electron chi connectivity index (χ0n) is 16.6. The summed E-state index contributed by atoms with van der Waals surface area (Å²) in [5, 5.41) is 12.5. The van der Waals surface area contributed by atoms with E-state index in [1.807, 2.05) is 43.3 Å². The van der Waals surface area contributed by atoms with E-state index < -0.39 is 0 Å². The lowest BCUT2D eigenvalue weighted by atomic mass is 10.1. The van der Waals surface area contributed by atoms with Crippen molar-refractivity contribution in [2.45, 2.75) is 19.4 Å². The molecular weight excluding hydrogens is 354 g/mol. The molecule has 0 radical (unpaired) electrons. The van der Waals surface area contributed by atoms with Gasteiger partial charge in [-0.2, -0.15) is 0 Å². The fourth-order valence-corrected chi connectivity index (χ4v) is 3.47. The first-order chi connectivity index (χ1) is 13.6. The molecule has 28 heavy (non-hydrogen) atoms. The van der Waals surface area contributed by atoms with Crippen molar-refractivity contribution in [3.63, 3.8) is 0 Å². The molecule has 1 aliphatic rings. The van der Waals surface area contributed by atoms with Crippen LogP contribution in [0, 0.1) is 0 Å². The molecule has 0 bridgehead atoms. The average molecular weight is 383 g/mol. The Bertz CT molecular complexity index is 754. The number of phenolic OH excluding ortho intramolecular Hbond substituents is 1. The first-order valence-corrected chi connectivity index (χ1v) is 9.75. The van der Waals surface area contributed by atoms with E-state index in [2.05, 4.69) is 15.1 Å². The van der Waals surface area contributed by atoms with Gasteiger partial charge in [0.25, 0.3) is 0 Å². The van der Waals surface area contributed by atoms with Crippen LogP contribution in [0.3, 0.4) is 0 Å². The van der Waals surface area contributed by atoms with Gasteiger partial charge in [0, 0.05) is 38.4 Å². The molecule has 0 aromatic heterocycles. The van der Waals surface area contributed by atoms with Gasteiger partial charge in [-0.05, 0) is 55.3 Å². The van der Waals surface area contributed by atoms with Crippen molar-refractivity contribution in [1.29, 1.82) is 0 Å². The molecule has 2 aromatic carbocycles. The van der Waals surface area contributed by atoms with Crippen LogP contribution in [0.15, 0.2) is 48.5 Å². The van der Waals surface area contributed by atoms with Gasteiger partial charge >= 0.3 is 0 Å². The zero-order valence-corrected chi connectivity index (χ0v) is 16.6. The molecule has 6 nitrogen and oxygen atoms in total. The third-order valence-electron chi connectivity index (χ3n) is 5.33. The molecule has 0 spiro atoms. The van der Waals surface area contributed by atoms with Crippen LogP contribution in [-0.2, 0) is 11.2 Å². The quantitative estimate of drug-likeness (QED) is 0.768. The Kier molecular flexibility index (Phi) is 6.76. The smallest absolute Gasteiger partial charge is 0.237 e. The van der Waals surface area contributed by atoms with Crippen LogP contribution in [-0.4, -0.2) is 61.8 Å². The Morgan fingerprint density at radius 1 is 1.07 bits per heavy atom. The van der Waals surface area contributed by atoms with Crippen molar-refractivity contribution in [3.05, 3.63) is 54.1 Å². The lowest BCUT2D eigenvalue weighted by molar-refractivity contribution is -0.125. The maximum atomic E-state index is 12.5. The topological polar surface area (TPSA) is 65.0 Å². The molecule has 0 saturated carbocycles. The van der Waals surface area contributed by atoms with Crippen LogP contribution < -0.4 is 15.0 Å². The van der Waals surface area contributed by atoms with Gasteiger partial charge in [0.2, 0.25) is 5.91 Å². The number of benzene rings is 2. The maximum absolute atomic E-state index is 12.5. The molecule has 2 aromatic rings. The van der Waals surface area contributed by atoms with Crippen LogP contribution in [0.2, 0.25) is 0 Å². The molecule has 1 atom stereocenters. The minimum Gasteiger partial charge on any atom is -0.508 e. The van der Waals surface area contributed by atoms with Gasteiger partial charge in [-0.25, -0.2) is 0 Å². The molecule has 0 aliphatic carbocycles. The van der Waals surface area contributed by atoms with Gasteiger partial charge < -0.3 is 20.1 Å². The number of carbonyl (C=O) groups is 1. The summed E-state index contributed by atoms with van der Waals surface area (Å²) in [7, 11) is 1.65. The number of hydrogen-bond donors (Lipinski definition) is 2. The van der Waals surface area contributed by atoms with Gasteiger partial charge in [0.1, 0.15) is 11.5 Å². The molecular formula is C22H29N3O3. The SMILES string of the molecule is COc1ccc(CCNC(=O)[C@H](C)N2CCN(c3ccc(O)cc3)CC2)cc1. The molecule has 6 heteroatoms. The first kappa shape index (κ1) is 20.0. The second-order valence-electron chi connectivity index (χ2n) is 7.10. The molecule has 150 valence electrons. The highest BCUT2D eigenvalue weighted by Gasteiger charge is 2.25. The van der Waals surface area contributed by atoms with Crippen molar-refractivity contribution in [2.24, 2.45) is 0 Å².